The Morgan fingerprint density at radius 2 is 0.794 bits per heavy atom. The van der Waals surface area contributed by atoms with Crippen molar-refractivity contribution in [2.24, 2.45) is 0 Å². The minimum atomic E-state index is -3.77. The summed E-state index contributed by atoms with van der Waals surface area (Å²) in [6, 6.07) is -5.18. The molecule has 0 aliphatic carbocycles. The molecule has 0 aromatic heterocycles. The Balaban J connectivity index is 2.15. The number of carbonyl (C=O) groups excluding carboxylic acids is 7. The predicted octanol–water partition coefficient (Wildman–Crippen LogP) is -1.72. The van der Waals surface area contributed by atoms with Gasteiger partial charge in [0.25, 0.3) is 14.3 Å². The van der Waals surface area contributed by atoms with Gasteiger partial charge in [0.1, 0.15) is 36.3 Å². The zero-order valence-corrected chi connectivity index (χ0v) is 59.1. The molecule has 2 rings (SSSR count). The number of aliphatic carboxylic acids is 9. The fourth-order valence-electron chi connectivity index (χ4n) is 11.4. The molecule has 0 spiro atoms. The molecule has 39 heteroatoms. The third-order valence-electron chi connectivity index (χ3n) is 16.6. The van der Waals surface area contributed by atoms with Crippen LogP contribution in [0.4, 0.5) is 8.90 Å². The molecule has 17 N–H and O–H groups in total. The fraction of sp³-hybridized carbons (Fsp3) is 0.651. The Labute approximate surface area is 588 Å². The summed E-state index contributed by atoms with van der Waals surface area (Å²) in [5.74, 6) is -17.5. The van der Waals surface area contributed by atoms with E-state index in [0.29, 0.717) is 5.19 Å². The predicted molar refractivity (Wildman–Crippen MR) is 359 cm³/mol. The van der Waals surface area contributed by atoms with Crippen molar-refractivity contribution in [1.82, 2.24) is 62.1 Å². The van der Waals surface area contributed by atoms with Crippen molar-refractivity contribution in [2.75, 3.05) is 91.6 Å². The molecule has 8 amide bonds. The molecule has 1 aliphatic rings. The van der Waals surface area contributed by atoms with E-state index in [1.807, 2.05) is 10.6 Å². The molecule has 1 fully saturated rings. The van der Waals surface area contributed by atoms with E-state index in [4.69, 9.17) is 5.11 Å². The Bertz CT molecular complexity index is 3050. The number of hydrogen-bond donors (Lipinski definition) is 17. The standard InChI is InChI=1S/C63H99FN12O25Si/c1-62(2,3)102(64,63(4,5)6)39-14-12-38(13-15-39)54(89)67-34-44(69-49(80)20-18-45(60(99)100)76-32-30-74(36-52(85)86)28-26-73(35-51(83)84)27-29-75(31-33-76)37-53(87)88)55(90)70-41(57(93)94)10-7-8-24-65-46(77)21-22-47(78)66-25-9-11-40(56(91)92)68-48(79)19-16-42(58(95)96)71-61(101)72-43(59(97)98)17-23-50(81)82/h12-15,40-45H,7-11,16-37H2,1-6H3,(H,65,77)(H,66,78)(H,67,89)(H,68,79)(H,69,80)(H,70,90)(H,81,82)(H,83,84)(H,85,86)(H,87,88)(H,91,92)(H,93,94)(H,95,96)(H,97,98)(H,99,100)(H2,71,72,101)/t40-,41+,42+,43+,44-,45-/m1/s1. The van der Waals surface area contributed by atoms with Gasteiger partial charge in [0.05, 0.1) is 19.6 Å². The number of hydrogen-bond acceptors (Lipinski definition) is 20. The highest BCUT2D eigenvalue weighted by molar-refractivity contribution is 6.90. The molecule has 0 bridgehead atoms. The van der Waals surface area contributed by atoms with Crippen molar-refractivity contribution in [1.29, 1.82) is 0 Å². The van der Waals surface area contributed by atoms with E-state index in [2.05, 4.69) is 31.9 Å². The largest absolute Gasteiger partial charge is 0.481 e. The van der Waals surface area contributed by atoms with Gasteiger partial charge in [0.2, 0.25) is 29.5 Å². The van der Waals surface area contributed by atoms with Crippen LogP contribution in [0.25, 0.3) is 0 Å². The molecule has 1 aliphatic heterocycles. The number of rotatable bonds is 43. The van der Waals surface area contributed by atoms with Crippen LogP contribution in [0, 0.1) is 0 Å². The second kappa shape index (κ2) is 43.4. The van der Waals surface area contributed by atoms with Gasteiger partial charge >= 0.3 is 59.8 Å². The number of unbranched alkanes of at least 4 members (excludes halogenated alkanes) is 1. The molecular weight excluding hydrogens is 1370 g/mol. The third-order valence-corrected chi connectivity index (χ3v) is 21.9. The number of amides is 8. The van der Waals surface area contributed by atoms with E-state index < -0.39 is 215 Å². The van der Waals surface area contributed by atoms with Gasteiger partial charge in [-0.3, -0.25) is 72.3 Å². The number of benzene rings is 1. The number of carboxylic acid groups (broad SMARTS) is 9. The summed E-state index contributed by atoms with van der Waals surface area (Å²) in [5.41, 5.74) is 0.0380. The molecular formula is C63H99FN12O25Si. The molecule has 0 unspecified atom stereocenters. The van der Waals surface area contributed by atoms with E-state index in [-0.39, 0.29) is 116 Å². The lowest BCUT2D eigenvalue weighted by Crippen LogP contribution is -2.58. The Kier molecular flexibility index (Phi) is 37.7. The minimum absolute atomic E-state index is 0.00207. The summed E-state index contributed by atoms with van der Waals surface area (Å²) in [6.07, 6.45) is -4.25. The van der Waals surface area contributed by atoms with Gasteiger partial charge in [-0.25, -0.2) is 24.0 Å². The van der Waals surface area contributed by atoms with E-state index in [0.717, 1.165) is 0 Å². The number of nitrogens with one attached hydrogen (secondary N) is 8. The summed E-state index contributed by atoms with van der Waals surface area (Å²) < 4.78 is 17.1. The van der Waals surface area contributed by atoms with Crippen molar-refractivity contribution in [3.8, 4) is 0 Å². The first-order valence-corrected chi connectivity index (χ1v) is 34.9. The topological polar surface area (TPSA) is 564 Å². The highest BCUT2D eigenvalue weighted by Crippen LogP contribution is 2.51. The van der Waals surface area contributed by atoms with E-state index in [1.165, 1.54) is 43.9 Å². The minimum Gasteiger partial charge on any atom is -0.481 e. The number of carbonyl (C=O) groups is 16. The van der Waals surface area contributed by atoms with Crippen LogP contribution in [0.2, 0.25) is 10.1 Å². The molecule has 0 saturated carbocycles. The van der Waals surface area contributed by atoms with Gasteiger partial charge in [-0.1, -0.05) is 53.7 Å². The van der Waals surface area contributed by atoms with Gasteiger partial charge in [-0.2, -0.15) is 0 Å². The van der Waals surface area contributed by atoms with Crippen molar-refractivity contribution >= 4 is 109 Å². The molecule has 102 heavy (non-hydrogen) atoms. The second-order valence-corrected chi connectivity index (χ2v) is 31.5. The monoisotopic (exact) mass is 1470 g/mol. The van der Waals surface area contributed by atoms with Crippen LogP contribution in [-0.4, -0.2) is 297 Å². The number of carboxylic acids is 9. The normalized spacial score (nSPS) is 15.6. The van der Waals surface area contributed by atoms with Crippen molar-refractivity contribution in [3.05, 3.63) is 29.8 Å². The summed E-state index contributed by atoms with van der Waals surface area (Å²) in [7, 11) is -3.77. The van der Waals surface area contributed by atoms with Crippen LogP contribution in [0.5, 0.6) is 0 Å². The maximum atomic E-state index is 17.1. The van der Waals surface area contributed by atoms with E-state index in [1.54, 1.807) is 41.5 Å². The molecule has 1 heterocycles. The highest BCUT2D eigenvalue weighted by Gasteiger charge is 2.56. The summed E-state index contributed by atoms with van der Waals surface area (Å²) in [5, 5.41) is 104. The van der Waals surface area contributed by atoms with Gasteiger partial charge in [0, 0.05) is 110 Å². The molecule has 1 aromatic rings. The third kappa shape index (κ3) is 32.9. The lowest BCUT2D eigenvalue weighted by molar-refractivity contribution is -0.145. The summed E-state index contributed by atoms with van der Waals surface area (Å²) in [6.45, 7) is 8.44. The lowest BCUT2D eigenvalue weighted by atomic mass is 10.1. The average Bonchev–Trinajstić information content (AvgIpc) is 0.748. The van der Waals surface area contributed by atoms with Gasteiger partial charge in [-0.05, 0) is 78.8 Å². The fourth-order valence-corrected chi connectivity index (χ4v) is 16.0. The maximum Gasteiger partial charge on any atom is 0.326 e. The Hall–Kier alpha value is -9.47. The first-order valence-electron chi connectivity index (χ1n) is 33.0. The quantitative estimate of drug-likeness (QED) is 0.0197. The summed E-state index contributed by atoms with van der Waals surface area (Å²) >= 11 is 0. The van der Waals surface area contributed by atoms with Crippen molar-refractivity contribution in [3.63, 3.8) is 0 Å². The van der Waals surface area contributed by atoms with Gasteiger partial charge in [-0.15, -0.1) is 0 Å². The smallest absolute Gasteiger partial charge is 0.326 e. The van der Waals surface area contributed by atoms with Crippen LogP contribution in [0.3, 0.4) is 0 Å². The van der Waals surface area contributed by atoms with Crippen LogP contribution >= 0.6 is 0 Å². The number of urea groups is 1. The van der Waals surface area contributed by atoms with Crippen molar-refractivity contribution in [2.45, 2.75) is 171 Å². The van der Waals surface area contributed by atoms with Crippen LogP contribution in [-0.2, 0) is 67.1 Å². The SMILES string of the molecule is CC(C)(C)[Si](F)(c1ccc(C(=O)NC[C@@H](NC(=O)CC[C@H](C(=O)O)N2CCN(CC(=O)O)CCN(CC(=O)O)CCN(CC(=O)O)CC2)C(=O)N[C@@H](CCCCNC(=O)CCC(=O)NCCC[C@@H](NC(=O)CC[C@H](NC(=O)N[C@@H](CCC(=O)O)C(=O)O)C(=O)O)C(=O)O)C(=O)O)cc1)C(C)(C)C. The van der Waals surface area contributed by atoms with Gasteiger partial charge < -0.3 is 92.6 Å². The van der Waals surface area contributed by atoms with Crippen LogP contribution in [0.1, 0.15) is 135 Å². The molecule has 1 aromatic carbocycles. The second-order valence-electron chi connectivity index (χ2n) is 26.6. The first kappa shape index (κ1) is 88.6. The molecule has 6 atom stereocenters. The summed E-state index contributed by atoms with van der Waals surface area (Å²) in [4.78, 5) is 205. The number of nitrogens with zero attached hydrogens (tertiary/aromatic N) is 4. The first-order chi connectivity index (χ1) is 47.5. The number of halogens is 1. The maximum absolute atomic E-state index is 17.1. The zero-order valence-electron chi connectivity index (χ0n) is 58.1. The van der Waals surface area contributed by atoms with E-state index >= 15 is 4.11 Å². The van der Waals surface area contributed by atoms with Gasteiger partial charge in [0.15, 0.2) is 0 Å². The molecule has 37 nitrogen and oxygen atoms in total. The molecule has 1 saturated heterocycles. The lowest BCUT2D eigenvalue weighted by Gasteiger charge is -2.44. The molecule has 572 valence electrons. The Morgan fingerprint density at radius 3 is 1.21 bits per heavy atom. The Morgan fingerprint density at radius 1 is 0.412 bits per heavy atom. The average molecular weight is 1470 g/mol. The van der Waals surface area contributed by atoms with Crippen molar-refractivity contribution < 1.29 is 127 Å². The van der Waals surface area contributed by atoms with E-state index in [9.17, 15) is 118 Å². The highest BCUT2D eigenvalue weighted by atomic mass is 28.4. The van der Waals surface area contributed by atoms with Crippen LogP contribution in [0.15, 0.2) is 24.3 Å². The zero-order chi connectivity index (χ0) is 77.2. The van der Waals surface area contributed by atoms with Crippen LogP contribution < -0.4 is 47.7 Å². The molecule has 0 radical (unpaired) electrons.